The Bertz CT molecular complexity index is 1010. The van der Waals surface area contributed by atoms with Gasteiger partial charge in [-0.05, 0) is 25.0 Å². The van der Waals surface area contributed by atoms with Gasteiger partial charge in [0, 0.05) is 28.9 Å². The van der Waals surface area contributed by atoms with Crippen LogP contribution in [0.3, 0.4) is 0 Å². The van der Waals surface area contributed by atoms with Crippen molar-refractivity contribution in [1.29, 1.82) is 0 Å². The zero-order valence-electron chi connectivity index (χ0n) is 15.9. The van der Waals surface area contributed by atoms with Gasteiger partial charge < -0.3 is 21.4 Å². The summed E-state index contributed by atoms with van der Waals surface area (Å²) >= 11 is 0. The lowest BCUT2D eigenvalue weighted by atomic mass is 10.1. The Kier molecular flexibility index (Phi) is 5.41. The Balaban J connectivity index is 1.21. The van der Waals surface area contributed by atoms with Crippen LogP contribution in [0.2, 0.25) is 0 Å². The molecule has 0 spiro atoms. The second-order valence-electron chi connectivity index (χ2n) is 7.31. The number of nitrogens with zero attached hydrogens (tertiary/aromatic N) is 2. The standard InChI is InChI=1S/C21H26N6O/c22-21-25-12-14(26-21)7-3-1-2-6-10-23-20(28)18-11-16-15-8-4-5-9-17(15)27-19(16)13-24-18/h4-5,8-9,11,13-14,27H,1-3,6-7,10,12H2,(H,23,28)(H3,22,25,26). The highest BCUT2D eigenvalue weighted by Gasteiger charge is 2.14. The van der Waals surface area contributed by atoms with E-state index in [4.69, 9.17) is 5.73 Å². The molecule has 0 aliphatic carbocycles. The largest absolute Gasteiger partial charge is 0.370 e. The number of aromatic nitrogens is 2. The average molecular weight is 378 g/mol. The molecule has 0 saturated carbocycles. The minimum Gasteiger partial charge on any atom is -0.370 e. The van der Waals surface area contributed by atoms with Crippen molar-refractivity contribution in [3.8, 4) is 0 Å². The summed E-state index contributed by atoms with van der Waals surface area (Å²) in [5.41, 5.74) is 8.08. The van der Waals surface area contributed by atoms with E-state index < -0.39 is 0 Å². The Labute approximate surface area is 163 Å². The summed E-state index contributed by atoms with van der Waals surface area (Å²) in [5, 5.41) is 8.29. The number of carbonyl (C=O) groups is 1. The number of aromatic amines is 1. The summed E-state index contributed by atoms with van der Waals surface area (Å²) in [6, 6.07) is 10.3. The van der Waals surface area contributed by atoms with Gasteiger partial charge in [0.2, 0.25) is 0 Å². The molecule has 1 amide bonds. The van der Waals surface area contributed by atoms with Crippen molar-refractivity contribution in [2.45, 2.75) is 38.1 Å². The van der Waals surface area contributed by atoms with E-state index in [1.54, 1.807) is 6.20 Å². The van der Waals surface area contributed by atoms with Crippen molar-refractivity contribution in [3.63, 3.8) is 0 Å². The van der Waals surface area contributed by atoms with E-state index in [-0.39, 0.29) is 5.91 Å². The zero-order valence-corrected chi connectivity index (χ0v) is 15.9. The highest BCUT2D eigenvalue weighted by atomic mass is 16.1. The second kappa shape index (κ2) is 8.29. The number of amides is 1. The normalized spacial score (nSPS) is 16.3. The topological polar surface area (TPSA) is 108 Å². The van der Waals surface area contributed by atoms with Crippen molar-refractivity contribution < 1.29 is 4.79 Å². The fourth-order valence-corrected chi connectivity index (χ4v) is 3.71. The Morgan fingerprint density at radius 2 is 2.00 bits per heavy atom. The number of nitrogens with one attached hydrogen (secondary N) is 3. The van der Waals surface area contributed by atoms with Gasteiger partial charge in [-0.25, -0.2) is 4.98 Å². The van der Waals surface area contributed by atoms with Crippen molar-refractivity contribution in [2.75, 3.05) is 13.1 Å². The van der Waals surface area contributed by atoms with Crippen LogP contribution in [-0.4, -0.2) is 41.0 Å². The number of guanidine groups is 1. The minimum absolute atomic E-state index is 0.116. The van der Waals surface area contributed by atoms with Gasteiger partial charge in [0.25, 0.3) is 5.91 Å². The number of unbranched alkanes of at least 4 members (excludes halogenated alkanes) is 3. The summed E-state index contributed by atoms with van der Waals surface area (Å²) in [4.78, 5) is 24.2. The van der Waals surface area contributed by atoms with Gasteiger partial charge in [0.15, 0.2) is 5.96 Å². The molecule has 1 atom stereocenters. The molecule has 7 nitrogen and oxygen atoms in total. The molecule has 0 radical (unpaired) electrons. The molecule has 3 aromatic rings. The molecular weight excluding hydrogens is 352 g/mol. The number of pyridine rings is 1. The zero-order chi connectivity index (χ0) is 19.3. The minimum atomic E-state index is -0.116. The summed E-state index contributed by atoms with van der Waals surface area (Å²) in [6.45, 7) is 1.46. The smallest absolute Gasteiger partial charge is 0.269 e. The SMILES string of the molecule is NC1=NCC(CCCCCCNC(=O)c2cc3c(cn2)[nH]c2ccccc23)N1. The van der Waals surface area contributed by atoms with Crippen LogP contribution in [0.5, 0.6) is 0 Å². The van der Waals surface area contributed by atoms with Crippen LogP contribution in [0.1, 0.15) is 42.6 Å². The maximum absolute atomic E-state index is 12.4. The van der Waals surface area contributed by atoms with Gasteiger partial charge in [-0.3, -0.25) is 9.79 Å². The molecule has 5 N–H and O–H groups in total. The van der Waals surface area contributed by atoms with E-state index >= 15 is 0 Å². The van der Waals surface area contributed by atoms with Gasteiger partial charge >= 0.3 is 0 Å². The molecule has 0 fully saturated rings. The fourth-order valence-electron chi connectivity index (χ4n) is 3.71. The number of aliphatic imine (C=N–C) groups is 1. The number of benzene rings is 1. The molecule has 2 aromatic heterocycles. The first-order valence-corrected chi connectivity index (χ1v) is 9.92. The van der Waals surface area contributed by atoms with Crippen LogP contribution in [0.25, 0.3) is 21.8 Å². The van der Waals surface area contributed by atoms with E-state index in [1.165, 1.54) is 0 Å². The molecule has 28 heavy (non-hydrogen) atoms. The van der Waals surface area contributed by atoms with Gasteiger partial charge in [-0.15, -0.1) is 0 Å². The average Bonchev–Trinajstić information content (AvgIpc) is 3.29. The van der Waals surface area contributed by atoms with Crippen LogP contribution in [0.15, 0.2) is 41.5 Å². The monoisotopic (exact) mass is 378 g/mol. The maximum Gasteiger partial charge on any atom is 0.269 e. The number of nitrogens with two attached hydrogens (primary N) is 1. The van der Waals surface area contributed by atoms with E-state index in [1.807, 2.05) is 24.3 Å². The predicted molar refractivity (Wildman–Crippen MR) is 112 cm³/mol. The Hall–Kier alpha value is -3.09. The van der Waals surface area contributed by atoms with Crippen LogP contribution < -0.4 is 16.4 Å². The van der Waals surface area contributed by atoms with E-state index in [9.17, 15) is 4.79 Å². The molecule has 1 aliphatic rings. The third-order valence-corrected chi connectivity index (χ3v) is 5.22. The van der Waals surface area contributed by atoms with E-state index in [0.717, 1.165) is 60.5 Å². The number of hydrogen-bond acceptors (Lipinski definition) is 5. The number of carbonyl (C=O) groups excluding carboxylic acids is 1. The van der Waals surface area contributed by atoms with Crippen LogP contribution in [0, 0.1) is 0 Å². The Morgan fingerprint density at radius 1 is 1.14 bits per heavy atom. The number of rotatable bonds is 8. The molecule has 0 saturated heterocycles. The lowest BCUT2D eigenvalue weighted by Gasteiger charge is -2.10. The molecular formula is C21H26N6O. The van der Waals surface area contributed by atoms with Crippen molar-refractivity contribution in [1.82, 2.24) is 20.6 Å². The molecule has 7 heteroatoms. The van der Waals surface area contributed by atoms with Crippen molar-refractivity contribution >= 4 is 33.7 Å². The van der Waals surface area contributed by atoms with Gasteiger partial charge in [0.05, 0.1) is 18.3 Å². The summed E-state index contributed by atoms with van der Waals surface area (Å²) in [5.74, 6) is 0.446. The lowest BCUT2D eigenvalue weighted by molar-refractivity contribution is 0.0948. The summed E-state index contributed by atoms with van der Waals surface area (Å²) in [7, 11) is 0. The van der Waals surface area contributed by atoms with Gasteiger partial charge in [0.1, 0.15) is 5.69 Å². The second-order valence-corrected chi connectivity index (χ2v) is 7.31. The molecule has 146 valence electrons. The molecule has 3 heterocycles. The van der Waals surface area contributed by atoms with Gasteiger partial charge in [-0.2, -0.15) is 0 Å². The molecule has 4 rings (SSSR count). The van der Waals surface area contributed by atoms with E-state index in [0.29, 0.717) is 24.2 Å². The van der Waals surface area contributed by atoms with Crippen molar-refractivity contribution in [2.24, 2.45) is 10.7 Å². The number of H-pyrrole nitrogens is 1. The van der Waals surface area contributed by atoms with E-state index in [2.05, 4.69) is 31.7 Å². The molecule has 1 aliphatic heterocycles. The first-order valence-electron chi connectivity index (χ1n) is 9.92. The quantitative estimate of drug-likeness (QED) is 0.452. The molecule has 1 aromatic carbocycles. The van der Waals surface area contributed by atoms with Crippen LogP contribution >= 0.6 is 0 Å². The number of para-hydroxylation sites is 1. The first kappa shape index (κ1) is 18.3. The van der Waals surface area contributed by atoms with Crippen molar-refractivity contribution in [3.05, 3.63) is 42.2 Å². The third kappa shape index (κ3) is 4.08. The fraction of sp³-hybridized carbons (Fsp3) is 0.381. The third-order valence-electron chi connectivity index (χ3n) is 5.22. The van der Waals surface area contributed by atoms with Gasteiger partial charge in [-0.1, -0.05) is 37.5 Å². The highest BCUT2D eigenvalue weighted by Crippen LogP contribution is 2.24. The number of hydrogen-bond donors (Lipinski definition) is 4. The first-order chi connectivity index (χ1) is 13.7. The van der Waals surface area contributed by atoms with Crippen LogP contribution in [-0.2, 0) is 0 Å². The van der Waals surface area contributed by atoms with Crippen LogP contribution in [0.4, 0.5) is 0 Å². The summed E-state index contributed by atoms with van der Waals surface area (Å²) < 4.78 is 0. The number of fused-ring (bicyclic) bond motifs is 3. The Morgan fingerprint density at radius 3 is 2.86 bits per heavy atom. The highest BCUT2D eigenvalue weighted by molar-refractivity contribution is 6.09. The molecule has 1 unspecified atom stereocenters. The molecule has 0 bridgehead atoms. The lowest BCUT2D eigenvalue weighted by Crippen LogP contribution is -2.34. The predicted octanol–water partition coefficient (Wildman–Crippen LogP) is 2.68. The summed E-state index contributed by atoms with van der Waals surface area (Å²) in [6.07, 6.45) is 7.18. The maximum atomic E-state index is 12.4.